The van der Waals surface area contributed by atoms with Gasteiger partial charge in [0.2, 0.25) is 0 Å². The molecule has 1 aromatic heterocycles. The number of carbonyl (C=O) groups is 1. The van der Waals surface area contributed by atoms with E-state index in [2.05, 4.69) is 26.0 Å². The molecule has 0 aliphatic heterocycles. The predicted molar refractivity (Wildman–Crippen MR) is 120 cm³/mol. The molecule has 7 nitrogen and oxygen atoms in total. The number of aryl methyl sites for hydroxylation is 2. The van der Waals surface area contributed by atoms with Gasteiger partial charge in [-0.1, -0.05) is 12.1 Å². The third-order valence-corrected chi connectivity index (χ3v) is 4.04. The van der Waals surface area contributed by atoms with Gasteiger partial charge in [-0.15, -0.1) is 24.0 Å². The summed E-state index contributed by atoms with van der Waals surface area (Å²) in [5, 5.41) is 13.4. The van der Waals surface area contributed by atoms with Crippen LogP contribution in [0.25, 0.3) is 0 Å². The Balaban J connectivity index is 0.00000364. The van der Waals surface area contributed by atoms with E-state index < -0.39 is 0 Å². The lowest BCUT2D eigenvalue weighted by Crippen LogP contribution is -2.38. The van der Waals surface area contributed by atoms with E-state index in [1.807, 2.05) is 48.4 Å². The minimum Gasteiger partial charge on any atom is -0.356 e. The minimum absolute atomic E-state index is 0. The number of guanidine groups is 1. The first-order valence-corrected chi connectivity index (χ1v) is 8.85. The molecule has 0 spiro atoms. The molecule has 1 heterocycles. The molecule has 0 aliphatic carbocycles. The summed E-state index contributed by atoms with van der Waals surface area (Å²) in [6.07, 6.45) is 6.77. The molecule has 148 valence electrons. The number of halogens is 1. The van der Waals surface area contributed by atoms with E-state index in [0.29, 0.717) is 5.56 Å². The van der Waals surface area contributed by atoms with Crippen molar-refractivity contribution in [3.63, 3.8) is 0 Å². The number of nitrogens with one attached hydrogen (secondary N) is 3. The smallest absolute Gasteiger partial charge is 0.251 e. The number of benzene rings is 1. The van der Waals surface area contributed by atoms with Gasteiger partial charge < -0.3 is 16.0 Å². The van der Waals surface area contributed by atoms with Crippen molar-refractivity contribution in [3.05, 3.63) is 53.3 Å². The van der Waals surface area contributed by atoms with Crippen molar-refractivity contribution in [1.82, 2.24) is 25.7 Å². The Morgan fingerprint density at radius 3 is 2.63 bits per heavy atom. The first-order chi connectivity index (χ1) is 12.6. The highest BCUT2D eigenvalue weighted by atomic mass is 127. The SMILES string of the molecule is CN=C(NCCCc1cnn(C)c1)NCCc1cccc(C(=O)NC)c1.I. The number of rotatable bonds is 8. The van der Waals surface area contributed by atoms with Crippen LogP contribution < -0.4 is 16.0 Å². The fourth-order valence-corrected chi connectivity index (χ4v) is 2.66. The van der Waals surface area contributed by atoms with Gasteiger partial charge in [0.05, 0.1) is 6.20 Å². The zero-order chi connectivity index (χ0) is 18.8. The van der Waals surface area contributed by atoms with Crippen molar-refractivity contribution in [1.29, 1.82) is 0 Å². The third-order valence-electron chi connectivity index (χ3n) is 4.04. The molecule has 0 fully saturated rings. The summed E-state index contributed by atoms with van der Waals surface area (Å²) in [6.45, 7) is 1.60. The number of amides is 1. The molecule has 0 saturated heterocycles. The molecule has 0 aliphatic rings. The van der Waals surface area contributed by atoms with Gasteiger partial charge in [-0.25, -0.2) is 0 Å². The quantitative estimate of drug-likeness (QED) is 0.231. The van der Waals surface area contributed by atoms with Crippen LogP contribution in [-0.4, -0.2) is 48.8 Å². The van der Waals surface area contributed by atoms with Crippen LogP contribution in [0, 0.1) is 0 Å². The molecule has 0 radical (unpaired) electrons. The van der Waals surface area contributed by atoms with Gasteiger partial charge in [0.25, 0.3) is 5.91 Å². The third kappa shape index (κ3) is 7.98. The first kappa shape index (κ1) is 22.9. The molecule has 0 saturated carbocycles. The topological polar surface area (TPSA) is 83.3 Å². The second kappa shape index (κ2) is 12.3. The van der Waals surface area contributed by atoms with Crippen LogP contribution in [0.2, 0.25) is 0 Å². The summed E-state index contributed by atoms with van der Waals surface area (Å²) in [4.78, 5) is 15.9. The molecule has 0 atom stereocenters. The Morgan fingerprint density at radius 1 is 1.19 bits per heavy atom. The first-order valence-electron chi connectivity index (χ1n) is 8.85. The number of carbonyl (C=O) groups excluding carboxylic acids is 1. The second-order valence-electron chi connectivity index (χ2n) is 6.08. The normalized spacial score (nSPS) is 10.9. The second-order valence-corrected chi connectivity index (χ2v) is 6.08. The molecule has 0 bridgehead atoms. The van der Waals surface area contributed by atoms with Crippen LogP contribution in [0.4, 0.5) is 0 Å². The van der Waals surface area contributed by atoms with Crippen LogP contribution in [0.15, 0.2) is 41.7 Å². The maximum atomic E-state index is 11.7. The van der Waals surface area contributed by atoms with E-state index in [-0.39, 0.29) is 29.9 Å². The molecular weight excluding hydrogens is 455 g/mol. The fourth-order valence-electron chi connectivity index (χ4n) is 2.66. The molecule has 1 aromatic carbocycles. The van der Waals surface area contributed by atoms with Gasteiger partial charge in [-0.05, 0) is 42.5 Å². The molecule has 8 heteroatoms. The summed E-state index contributed by atoms with van der Waals surface area (Å²) < 4.78 is 1.82. The van der Waals surface area contributed by atoms with Crippen LogP contribution in [0.5, 0.6) is 0 Å². The van der Waals surface area contributed by atoms with Gasteiger partial charge in [0.15, 0.2) is 5.96 Å². The van der Waals surface area contributed by atoms with Gasteiger partial charge in [-0.2, -0.15) is 5.10 Å². The number of aromatic nitrogens is 2. The van der Waals surface area contributed by atoms with Gasteiger partial charge in [-0.3, -0.25) is 14.5 Å². The molecule has 3 N–H and O–H groups in total. The maximum Gasteiger partial charge on any atom is 0.251 e. The van der Waals surface area contributed by atoms with Gasteiger partial charge in [0.1, 0.15) is 0 Å². The lowest BCUT2D eigenvalue weighted by atomic mass is 10.1. The summed E-state index contributed by atoms with van der Waals surface area (Å²) in [5.74, 6) is 0.726. The number of hydrogen-bond acceptors (Lipinski definition) is 3. The van der Waals surface area contributed by atoms with Crippen molar-refractivity contribution in [2.24, 2.45) is 12.0 Å². The van der Waals surface area contributed by atoms with Crippen molar-refractivity contribution in [2.45, 2.75) is 19.3 Å². The Kier molecular flexibility index (Phi) is 10.5. The molecule has 27 heavy (non-hydrogen) atoms. The highest BCUT2D eigenvalue weighted by Crippen LogP contribution is 2.05. The monoisotopic (exact) mass is 484 g/mol. The minimum atomic E-state index is -0.0640. The van der Waals surface area contributed by atoms with E-state index in [1.165, 1.54) is 5.56 Å². The molecule has 2 rings (SSSR count). The van der Waals surface area contributed by atoms with E-state index >= 15 is 0 Å². The van der Waals surface area contributed by atoms with Gasteiger partial charge in [0, 0.05) is 46.0 Å². The number of aliphatic imine (C=N–C) groups is 1. The van der Waals surface area contributed by atoms with Crippen molar-refractivity contribution >= 4 is 35.8 Å². The predicted octanol–water partition coefficient (Wildman–Crippen LogP) is 1.74. The molecule has 2 aromatic rings. The van der Waals surface area contributed by atoms with E-state index in [9.17, 15) is 4.79 Å². The highest BCUT2D eigenvalue weighted by molar-refractivity contribution is 14.0. The summed E-state index contributed by atoms with van der Waals surface area (Å²) in [5.41, 5.74) is 3.04. The van der Waals surface area contributed by atoms with E-state index in [0.717, 1.165) is 43.9 Å². The largest absolute Gasteiger partial charge is 0.356 e. The fraction of sp³-hybridized carbons (Fsp3) is 0.421. The Hall–Kier alpha value is -2.10. The summed E-state index contributed by atoms with van der Waals surface area (Å²) in [7, 11) is 5.33. The van der Waals surface area contributed by atoms with Crippen LogP contribution in [0.1, 0.15) is 27.9 Å². The van der Waals surface area contributed by atoms with Crippen molar-refractivity contribution in [3.8, 4) is 0 Å². The van der Waals surface area contributed by atoms with Crippen molar-refractivity contribution < 1.29 is 4.79 Å². The Labute approximate surface area is 178 Å². The van der Waals surface area contributed by atoms with E-state index in [1.54, 1.807) is 14.1 Å². The van der Waals surface area contributed by atoms with E-state index in [4.69, 9.17) is 0 Å². The average Bonchev–Trinajstić information content (AvgIpc) is 3.08. The van der Waals surface area contributed by atoms with Crippen LogP contribution in [0.3, 0.4) is 0 Å². The summed E-state index contributed by atoms with van der Waals surface area (Å²) in [6, 6.07) is 7.67. The Morgan fingerprint density at radius 2 is 1.96 bits per heavy atom. The van der Waals surface area contributed by atoms with Crippen LogP contribution in [-0.2, 0) is 19.9 Å². The highest BCUT2D eigenvalue weighted by Gasteiger charge is 2.04. The molecule has 0 unspecified atom stereocenters. The molecular formula is C19H29IN6O. The van der Waals surface area contributed by atoms with Crippen LogP contribution >= 0.6 is 24.0 Å². The lowest BCUT2D eigenvalue weighted by molar-refractivity contribution is 0.0963. The summed E-state index contributed by atoms with van der Waals surface area (Å²) >= 11 is 0. The number of hydrogen-bond donors (Lipinski definition) is 3. The lowest BCUT2D eigenvalue weighted by Gasteiger charge is -2.12. The average molecular weight is 484 g/mol. The number of nitrogens with zero attached hydrogens (tertiary/aromatic N) is 3. The zero-order valence-electron chi connectivity index (χ0n) is 16.2. The molecule has 1 amide bonds. The standard InChI is InChI=1S/C19H28N6O.HI/c1-20-18(26)17-8-4-6-15(12-17)9-11-23-19(21-2)22-10-5-7-16-13-24-25(3)14-16;/h4,6,8,12-14H,5,7,9-11H2,1-3H3,(H,20,26)(H2,21,22,23);1H. The van der Waals surface area contributed by atoms with Crippen molar-refractivity contribution in [2.75, 3.05) is 27.2 Å². The Bertz CT molecular complexity index is 743. The maximum absolute atomic E-state index is 11.7. The van der Waals surface area contributed by atoms with Gasteiger partial charge >= 0.3 is 0 Å². The zero-order valence-corrected chi connectivity index (χ0v) is 18.5.